The first-order chi connectivity index (χ1) is 35.4. The lowest BCUT2D eigenvalue weighted by Crippen LogP contribution is -2.26. The number of benzene rings is 9. The van der Waals surface area contributed by atoms with Crippen molar-refractivity contribution in [3.8, 4) is 44.5 Å². The zero-order valence-electron chi connectivity index (χ0n) is 39.4. The Labute approximate surface area is 417 Å². The summed E-state index contributed by atoms with van der Waals surface area (Å²) >= 11 is 0. The molecule has 0 nitrogen and oxygen atoms in total. The van der Waals surface area contributed by atoms with Gasteiger partial charge < -0.3 is 0 Å². The second kappa shape index (κ2) is 15.0. The van der Waals surface area contributed by atoms with Crippen LogP contribution in [0.1, 0.15) is 56.8 Å². The van der Waals surface area contributed by atoms with Crippen LogP contribution >= 0.6 is 0 Å². The Morgan fingerprint density at radius 3 is 1.70 bits per heavy atom. The highest BCUT2D eigenvalue weighted by molar-refractivity contribution is 6.24. The molecule has 0 saturated heterocycles. The van der Waals surface area contributed by atoms with Gasteiger partial charge in [-0.2, -0.15) is 26.3 Å². The molecule has 6 aliphatic rings. The summed E-state index contributed by atoms with van der Waals surface area (Å²) in [6.45, 7) is 2.32. The number of fused-ring (bicyclic) bond motifs is 11. The van der Waals surface area contributed by atoms with Crippen LogP contribution in [0.25, 0.3) is 99.1 Å². The summed E-state index contributed by atoms with van der Waals surface area (Å²) in [5.74, 6) is -2.32. The molecular weight excluding hydrogens is 919 g/mol. The molecule has 4 unspecified atom stereocenters. The third kappa shape index (κ3) is 6.10. The first-order valence-electron chi connectivity index (χ1n) is 25.1. The van der Waals surface area contributed by atoms with E-state index >= 15 is 0 Å². The lowest BCUT2D eigenvalue weighted by atomic mass is 9.76. The van der Waals surface area contributed by atoms with Gasteiger partial charge in [-0.25, -0.2) is 0 Å². The molecule has 0 amide bonds. The average Bonchev–Trinajstić information content (AvgIpc) is 3.89. The van der Waals surface area contributed by atoms with Crippen molar-refractivity contribution in [2.75, 3.05) is 0 Å². The van der Waals surface area contributed by atoms with Gasteiger partial charge in [-0.1, -0.05) is 170 Å². The zero-order valence-corrected chi connectivity index (χ0v) is 39.4. The zero-order chi connectivity index (χ0) is 49.2. The molecule has 0 fully saturated rings. The van der Waals surface area contributed by atoms with Gasteiger partial charge >= 0.3 is 12.4 Å². The van der Waals surface area contributed by atoms with Gasteiger partial charge in [-0.05, 0) is 182 Å². The minimum absolute atomic E-state index is 0.00958. The summed E-state index contributed by atoms with van der Waals surface area (Å²) in [5.41, 5.74) is 20.7. The van der Waals surface area contributed by atoms with E-state index in [9.17, 15) is 26.3 Å². The van der Waals surface area contributed by atoms with E-state index in [-0.39, 0.29) is 23.3 Å². The Kier molecular flexibility index (Phi) is 8.80. The number of hydrogen-bond donors (Lipinski definition) is 0. The second-order valence-electron chi connectivity index (χ2n) is 20.7. The van der Waals surface area contributed by atoms with Gasteiger partial charge in [0.1, 0.15) is 0 Å². The minimum Gasteiger partial charge on any atom is -0.170 e. The van der Waals surface area contributed by atoms with Crippen LogP contribution in [0.2, 0.25) is 0 Å². The summed E-state index contributed by atoms with van der Waals surface area (Å²) in [4.78, 5) is 0. The monoisotopic (exact) mass is 960 g/mol. The largest absolute Gasteiger partial charge is 0.416 e. The molecule has 15 rings (SSSR count). The highest BCUT2D eigenvalue weighted by Crippen LogP contribution is 2.71. The molecule has 0 bridgehead atoms. The fraction of sp³-hybridized carbons (Fsp3) is 0.134. The molecule has 0 aromatic heterocycles. The SMILES string of the molecule is Cc1c2c3c(ccc2cc2c(-c4ccccc4)c4c(c(-c5ccccc5)c12)C1=CC=C2c5c(c(-c6ccccc6)c6cc(C7=CC(C(F)(F)F)=CC(C(F)(F)F)C7)ccc6c5-c5ccccc5)C5C=C4C1C25)C3. The number of rotatable bonds is 5. The van der Waals surface area contributed by atoms with Crippen LogP contribution < -0.4 is 0 Å². The van der Waals surface area contributed by atoms with E-state index < -0.39 is 30.3 Å². The highest BCUT2D eigenvalue weighted by atomic mass is 19.4. The molecule has 9 aromatic rings. The normalized spacial score (nSPS) is 20.0. The molecule has 0 radical (unpaired) electrons. The Morgan fingerprint density at radius 2 is 1.07 bits per heavy atom. The maximum atomic E-state index is 14.5. The predicted octanol–water partition coefficient (Wildman–Crippen LogP) is 18.7. The van der Waals surface area contributed by atoms with Crippen LogP contribution in [-0.2, 0) is 6.42 Å². The van der Waals surface area contributed by atoms with Gasteiger partial charge in [0.05, 0.1) is 11.5 Å². The molecule has 0 heterocycles. The fourth-order valence-electron chi connectivity index (χ4n) is 14.0. The summed E-state index contributed by atoms with van der Waals surface area (Å²) < 4.78 is 86.6. The van der Waals surface area contributed by atoms with Crippen LogP contribution in [0, 0.1) is 24.7 Å². The van der Waals surface area contributed by atoms with Gasteiger partial charge in [0.25, 0.3) is 0 Å². The number of aryl methyl sites for hydroxylation is 1. The number of hydrogen-bond acceptors (Lipinski definition) is 0. The summed E-state index contributed by atoms with van der Waals surface area (Å²) in [6, 6.07) is 54.6. The first-order valence-corrected chi connectivity index (χ1v) is 25.1. The highest BCUT2D eigenvalue weighted by Gasteiger charge is 2.55. The molecule has 352 valence electrons. The summed E-state index contributed by atoms with van der Waals surface area (Å²) in [7, 11) is 0. The maximum Gasteiger partial charge on any atom is 0.416 e. The van der Waals surface area contributed by atoms with E-state index in [0.717, 1.165) is 62.2 Å². The van der Waals surface area contributed by atoms with Crippen molar-refractivity contribution in [3.05, 3.63) is 238 Å². The van der Waals surface area contributed by atoms with Gasteiger partial charge in [-0.15, -0.1) is 0 Å². The minimum atomic E-state index is -4.95. The lowest BCUT2D eigenvalue weighted by Gasteiger charge is -2.27. The number of halogens is 6. The van der Waals surface area contributed by atoms with Crippen molar-refractivity contribution in [2.24, 2.45) is 17.8 Å². The number of allylic oxidation sites excluding steroid dienone is 10. The van der Waals surface area contributed by atoms with E-state index in [2.05, 4.69) is 128 Å². The Morgan fingerprint density at radius 1 is 0.479 bits per heavy atom. The van der Waals surface area contributed by atoms with Gasteiger partial charge in [0.15, 0.2) is 0 Å². The van der Waals surface area contributed by atoms with Crippen LogP contribution in [0.3, 0.4) is 0 Å². The quantitative estimate of drug-likeness (QED) is 0.119. The van der Waals surface area contributed by atoms with Gasteiger partial charge in [0, 0.05) is 17.8 Å². The molecule has 4 atom stereocenters. The third-order valence-electron chi connectivity index (χ3n) is 16.9. The van der Waals surface area contributed by atoms with Crippen LogP contribution in [-0.4, -0.2) is 12.4 Å². The van der Waals surface area contributed by atoms with Gasteiger partial charge in [-0.3, -0.25) is 0 Å². The van der Waals surface area contributed by atoms with Crippen molar-refractivity contribution in [3.63, 3.8) is 0 Å². The smallest absolute Gasteiger partial charge is 0.170 e. The van der Waals surface area contributed by atoms with Crippen molar-refractivity contribution >= 4 is 54.6 Å². The van der Waals surface area contributed by atoms with Crippen molar-refractivity contribution in [1.29, 1.82) is 0 Å². The van der Waals surface area contributed by atoms with Crippen molar-refractivity contribution < 1.29 is 26.3 Å². The molecule has 0 saturated carbocycles. The molecule has 73 heavy (non-hydrogen) atoms. The Hall–Kier alpha value is -7.96. The van der Waals surface area contributed by atoms with Crippen molar-refractivity contribution in [2.45, 2.75) is 38.0 Å². The van der Waals surface area contributed by atoms with Gasteiger partial charge in [0.2, 0.25) is 0 Å². The molecule has 9 aromatic carbocycles. The average molecular weight is 961 g/mol. The fourth-order valence-corrected chi connectivity index (χ4v) is 14.0. The molecule has 6 aliphatic carbocycles. The predicted molar refractivity (Wildman–Crippen MR) is 285 cm³/mol. The van der Waals surface area contributed by atoms with E-state index in [1.54, 1.807) is 6.07 Å². The van der Waals surface area contributed by atoms with Crippen molar-refractivity contribution in [1.82, 2.24) is 0 Å². The first kappa shape index (κ1) is 42.7. The van der Waals surface area contributed by atoms with Crippen LogP contribution in [0.5, 0.6) is 0 Å². The molecule has 6 heteroatoms. The summed E-state index contributed by atoms with van der Waals surface area (Å²) in [5, 5.41) is 6.80. The molecule has 0 spiro atoms. The Balaban J connectivity index is 1.05. The molecule has 0 aliphatic heterocycles. The second-order valence-corrected chi connectivity index (χ2v) is 20.7. The maximum absolute atomic E-state index is 14.5. The molecular formula is C67H42F6. The van der Waals surface area contributed by atoms with E-state index in [1.807, 2.05) is 48.5 Å². The topological polar surface area (TPSA) is 0 Å². The summed E-state index contributed by atoms with van der Waals surface area (Å²) in [6.07, 6.45) is -0.837. The number of alkyl halides is 6. The molecule has 0 N–H and O–H groups in total. The van der Waals surface area contributed by atoms with E-state index in [4.69, 9.17) is 0 Å². The van der Waals surface area contributed by atoms with Crippen LogP contribution in [0.4, 0.5) is 26.3 Å². The standard InChI is InChI=1S/C67H42F6/c1-35-54-42(23-22-41-31-49(41)54)32-51-55(35)59(39-20-12-5-13-21-39)63-48-27-26-47-60-52(34-53(61(48)60)65(63)58(51)38-18-10-4-11-19-38)64-57(37-16-8-3-9-17-37)50-30-40(24-25-46(50)56(62(47)64)36-14-6-2-7-15-36)43-28-44(66(68,69)70)33-45(29-43)67(71,72)73/h2-28,30,32-34,45,52,60-61H,29,31H2,1H3. The lowest BCUT2D eigenvalue weighted by molar-refractivity contribution is -0.161. The van der Waals surface area contributed by atoms with Crippen LogP contribution in [0.15, 0.2) is 194 Å². The Bertz CT molecular complexity index is 4090. The van der Waals surface area contributed by atoms with E-state index in [0.29, 0.717) is 11.6 Å². The van der Waals surface area contributed by atoms with E-state index in [1.165, 1.54) is 82.8 Å². The third-order valence-corrected chi connectivity index (χ3v) is 16.9.